The summed E-state index contributed by atoms with van der Waals surface area (Å²) in [6.07, 6.45) is 1.17. The molecular weight excluding hydrogens is 234 g/mol. The van der Waals surface area contributed by atoms with Gasteiger partial charge in [0, 0.05) is 9.75 Å². The Kier molecular flexibility index (Phi) is 4.16. The highest BCUT2D eigenvalue weighted by Gasteiger charge is 2.16. The average molecular weight is 251 g/mol. The lowest BCUT2D eigenvalue weighted by molar-refractivity contribution is 0.605. The average Bonchev–Trinajstić information content (AvgIpc) is 2.91. The molecule has 0 bridgehead atoms. The van der Waals surface area contributed by atoms with Crippen molar-refractivity contribution in [3.63, 3.8) is 0 Å². The Morgan fingerprint density at radius 2 is 2.12 bits per heavy atom. The van der Waals surface area contributed by atoms with E-state index < -0.39 is 0 Å². The van der Waals surface area contributed by atoms with Crippen LogP contribution >= 0.6 is 22.7 Å². The molecule has 1 nitrogen and oxygen atoms in total. The van der Waals surface area contributed by atoms with E-state index in [1.165, 1.54) is 21.7 Å². The minimum absolute atomic E-state index is 0.381. The third-order valence-corrected chi connectivity index (χ3v) is 4.43. The zero-order chi connectivity index (χ0) is 11.4. The molecule has 0 aliphatic heterocycles. The summed E-state index contributed by atoms with van der Waals surface area (Å²) in [6, 6.07) is 6.97. The normalized spacial score (nSPS) is 12.9. The van der Waals surface area contributed by atoms with Gasteiger partial charge < -0.3 is 5.32 Å². The van der Waals surface area contributed by atoms with E-state index in [4.69, 9.17) is 0 Å². The molecule has 2 rings (SSSR count). The lowest BCUT2D eigenvalue weighted by Crippen LogP contribution is -2.22. The maximum atomic E-state index is 3.63. The highest BCUT2D eigenvalue weighted by atomic mass is 32.1. The van der Waals surface area contributed by atoms with Crippen LogP contribution in [0, 0.1) is 6.92 Å². The van der Waals surface area contributed by atoms with Crippen molar-refractivity contribution in [3.05, 3.63) is 44.3 Å². The Balaban J connectivity index is 2.25. The smallest absolute Gasteiger partial charge is 0.0681 e. The first-order valence-electron chi connectivity index (χ1n) is 5.63. The minimum Gasteiger partial charge on any atom is -0.306 e. The van der Waals surface area contributed by atoms with Crippen LogP contribution in [0.3, 0.4) is 0 Å². The lowest BCUT2D eigenvalue weighted by atomic mass is 10.1. The first kappa shape index (κ1) is 11.8. The fraction of sp³-hybridized carbons (Fsp3) is 0.385. The van der Waals surface area contributed by atoms with Gasteiger partial charge in [-0.15, -0.1) is 22.7 Å². The fourth-order valence-corrected chi connectivity index (χ4v) is 3.36. The van der Waals surface area contributed by atoms with Gasteiger partial charge in [0.15, 0.2) is 0 Å². The number of hydrogen-bond donors (Lipinski definition) is 1. The van der Waals surface area contributed by atoms with Crippen LogP contribution in [0.15, 0.2) is 29.0 Å². The van der Waals surface area contributed by atoms with Crippen LogP contribution < -0.4 is 5.32 Å². The summed E-state index contributed by atoms with van der Waals surface area (Å²) >= 11 is 3.66. The monoisotopic (exact) mass is 251 g/mol. The van der Waals surface area contributed by atoms with Crippen LogP contribution in [-0.2, 0) is 0 Å². The van der Waals surface area contributed by atoms with Gasteiger partial charge in [-0.3, -0.25) is 0 Å². The summed E-state index contributed by atoms with van der Waals surface area (Å²) in [5.41, 5.74) is 1.43. The maximum absolute atomic E-state index is 3.63. The number of hydrogen-bond acceptors (Lipinski definition) is 3. The molecule has 0 aliphatic rings. The van der Waals surface area contributed by atoms with Gasteiger partial charge in [-0.2, -0.15) is 0 Å². The first-order valence-corrected chi connectivity index (χ1v) is 7.39. The third kappa shape index (κ3) is 2.54. The first-order chi connectivity index (χ1) is 7.83. The van der Waals surface area contributed by atoms with E-state index in [0.29, 0.717) is 6.04 Å². The zero-order valence-corrected chi connectivity index (χ0v) is 11.3. The molecule has 86 valence electrons. The van der Waals surface area contributed by atoms with Gasteiger partial charge in [0.1, 0.15) is 0 Å². The molecule has 1 N–H and O–H groups in total. The topological polar surface area (TPSA) is 12.0 Å². The van der Waals surface area contributed by atoms with E-state index in [1.807, 2.05) is 22.7 Å². The third-order valence-electron chi connectivity index (χ3n) is 2.64. The number of nitrogens with one attached hydrogen (secondary N) is 1. The van der Waals surface area contributed by atoms with Gasteiger partial charge in [-0.25, -0.2) is 0 Å². The zero-order valence-electron chi connectivity index (χ0n) is 9.69. The van der Waals surface area contributed by atoms with Crippen LogP contribution in [-0.4, -0.2) is 6.54 Å². The summed E-state index contributed by atoms with van der Waals surface area (Å²) in [5.74, 6) is 0. The standard InChI is InChI=1S/C13H17NS2/c1-3-7-14-13(12-5-4-8-16-12)11-6-9-15-10(11)2/h4-6,8-9,13-14H,3,7H2,1-2H3. The molecule has 2 aromatic rings. The molecule has 16 heavy (non-hydrogen) atoms. The van der Waals surface area contributed by atoms with Crippen LogP contribution in [0.4, 0.5) is 0 Å². The van der Waals surface area contributed by atoms with Gasteiger partial charge in [0.05, 0.1) is 6.04 Å². The van der Waals surface area contributed by atoms with Crippen LogP contribution in [0.2, 0.25) is 0 Å². The Bertz CT molecular complexity index is 417. The highest BCUT2D eigenvalue weighted by molar-refractivity contribution is 7.10. The second kappa shape index (κ2) is 5.62. The second-order valence-electron chi connectivity index (χ2n) is 3.83. The molecule has 0 saturated heterocycles. The Hall–Kier alpha value is -0.640. The van der Waals surface area contributed by atoms with E-state index in [2.05, 4.69) is 48.1 Å². The summed E-state index contributed by atoms with van der Waals surface area (Å²) < 4.78 is 0. The van der Waals surface area contributed by atoms with E-state index in [9.17, 15) is 0 Å². The van der Waals surface area contributed by atoms with Crippen molar-refractivity contribution in [2.24, 2.45) is 0 Å². The maximum Gasteiger partial charge on any atom is 0.0681 e. The van der Waals surface area contributed by atoms with E-state index in [-0.39, 0.29) is 0 Å². The van der Waals surface area contributed by atoms with E-state index in [0.717, 1.165) is 6.54 Å². The van der Waals surface area contributed by atoms with Crippen molar-refractivity contribution in [2.75, 3.05) is 6.54 Å². The van der Waals surface area contributed by atoms with Crippen LogP contribution in [0.5, 0.6) is 0 Å². The van der Waals surface area contributed by atoms with Crippen LogP contribution in [0.25, 0.3) is 0 Å². The summed E-state index contributed by atoms with van der Waals surface area (Å²) in [6.45, 7) is 5.48. The van der Waals surface area contributed by atoms with E-state index >= 15 is 0 Å². The Morgan fingerprint density at radius 3 is 2.69 bits per heavy atom. The molecule has 1 atom stereocenters. The van der Waals surface area contributed by atoms with Crippen LogP contribution in [0.1, 0.15) is 34.7 Å². The highest BCUT2D eigenvalue weighted by Crippen LogP contribution is 2.30. The Morgan fingerprint density at radius 1 is 1.25 bits per heavy atom. The molecule has 2 aromatic heterocycles. The summed E-state index contributed by atoms with van der Waals surface area (Å²) in [7, 11) is 0. The molecule has 0 radical (unpaired) electrons. The fourth-order valence-electron chi connectivity index (χ4n) is 1.80. The predicted molar refractivity (Wildman–Crippen MR) is 73.5 cm³/mol. The summed E-state index contributed by atoms with van der Waals surface area (Å²) in [5, 5.41) is 7.96. The largest absolute Gasteiger partial charge is 0.306 e. The van der Waals surface area contributed by atoms with Gasteiger partial charge >= 0.3 is 0 Å². The molecule has 0 aromatic carbocycles. The number of rotatable bonds is 5. The molecule has 0 aliphatic carbocycles. The number of aryl methyl sites for hydroxylation is 1. The number of thiophene rings is 2. The lowest BCUT2D eigenvalue weighted by Gasteiger charge is -2.17. The molecule has 0 saturated carbocycles. The van der Waals surface area contributed by atoms with Crippen molar-refractivity contribution in [1.29, 1.82) is 0 Å². The van der Waals surface area contributed by atoms with Crippen molar-refractivity contribution < 1.29 is 0 Å². The van der Waals surface area contributed by atoms with Crippen molar-refractivity contribution in [1.82, 2.24) is 5.32 Å². The molecule has 1 unspecified atom stereocenters. The van der Waals surface area contributed by atoms with Gasteiger partial charge in [-0.1, -0.05) is 13.0 Å². The molecule has 0 fully saturated rings. The summed E-state index contributed by atoms with van der Waals surface area (Å²) in [4.78, 5) is 2.83. The van der Waals surface area contributed by atoms with Gasteiger partial charge in [-0.05, 0) is 48.3 Å². The van der Waals surface area contributed by atoms with Gasteiger partial charge in [0.2, 0.25) is 0 Å². The quantitative estimate of drug-likeness (QED) is 0.839. The SMILES string of the molecule is CCCNC(c1cccs1)c1ccsc1C. The second-order valence-corrected chi connectivity index (χ2v) is 5.93. The van der Waals surface area contributed by atoms with Crippen molar-refractivity contribution in [3.8, 4) is 0 Å². The minimum atomic E-state index is 0.381. The molecule has 0 spiro atoms. The Labute approximate surface area is 105 Å². The molecule has 0 amide bonds. The van der Waals surface area contributed by atoms with E-state index in [1.54, 1.807) is 0 Å². The molecule has 3 heteroatoms. The molecule has 2 heterocycles. The van der Waals surface area contributed by atoms with Crippen molar-refractivity contribution >= 4 is 22.7 Å². The molecular formula is C13H17NS2. The van der Waals surface area contributed by atoms with Crippen molar-refractivity contribution in [2.45, 2.75) is 26.3 Å². The predicted octanol–water partition coefficient (Wildman–Crippen LogP) is 4.21. The van der Waals surface area contributed by atoms with Gasteiger partial charge in [0.25, 0.3) is 0 Å².